The van der Waals surface area contributed by atoms with Crippen LogP contribution >= 0.6 is 11.6 Å². The normalized spacial score (nSPS) is 15.0. The zero-order chi connectivity index (χ0) is 29.8. The van der Waals surface area contributed by atoms with Crippen LogP contribution < -0.4 is 4.31 Å². The van der Waals surface area contributed by atoms with E-state index in [-0.39, 0.29) is 5.75 Å². The third kappa shape index (κ3) is 5.98. The van der Waals surface area contributed by atoms with E-state index in [1.165, 1.54) is 7.11 Å². The lowest BCUT2D eigenvalue weighted by atomic mass is 9.87. The number of hydrogen-bond acceptors (Lipinski definition) is 5. The molecule has 0 amide bonds. The Morgan fingerprint density at radius 1 is 1.10 bits per heavy atom. The highest BCUT2D eigenvalue weighted by Gasteiger charge is 2.39. The number of aryl methyl sites for hydroxylation is 1. The van der Waals surface area contributed by atoms with Crippen LogP contribution in [0.4, 0.5) is 5.69 Å². The number of halogens is 1. The van der Waals surface area contributed by atoms with Crippen LogP contribution in [-0.4, -0.2) is 52.0 Å². The van der Waals surface area contributed by atoms with Crippen molar-refractivity contribution in [3.63, 3.8) is 0 Å². The van der Waals surface area contributed by atoms with Crippen molar-refractivity contribution in [3.05, 3.63) is 52.2 Å². The van der Waals surface area contributed by atoms with E-state index in [1.807, 2.05) is 58.9 Å². The maximum absolute atomic E-state index is 13.9. The smallest absolute Gasteiger partial charge is 0.339 e. The fourth-order valence-electron chi connectivity index (χ4n) is 5.42. The molecule has 218 valence electrons. The number of anilines is 1. The van der Waals surface area contributed by atoms with Gasteiger partial charge >= 0.3 is 5.97 Å². The van der Waals surface area contributed by atoms with Crippen molar-refractivity contribution in [2.45, 2.75) is 78.6 Å². The lowest BCUT2D eigenvalue weighted by Gasteiger charge is -2.36. The highest BCUT2D eigenvalue weighted by molar-refractivity contribution is 7.92. The third-order valence-corrected chi connectivity index (χ3v) is 11.5. The van der Waals surface area contributed by atoms with E-state index in [9.17, 15) is 13.2 Å². The summed E-state index contributed by atoms with van der Waals surface area (Å²) in [6.45, 7) is 17.0. The molecule has 0 aliphatic carbocycles. The molecule has 1 aliphatic heterocycles. The van der Waals surface area contributed by atoms with Gasteiger partial charge in [0.05, 0.1) is 36.2 Å². The van der Waals surface area contributed by atoms with Gasteiger partial charge in [0.1, 0.15) is 0 Å². The number of esters is 1. The van der Waals surface area contributed by atoms with Crippen molar-refractivity contribution in [2.24, 2.45) is 0 Å². The highest BCUT2D eigenvalue weighted by Crippen LogP contribution is 2.48. The monoisotopic (exact) mass is 604 g/mol. The summed E-state index contributed by atoms with van der Waals surface area (Å²) in [6.07, 6.45) is -1.08. The Hall–Kier alpha value is -2.33. The molecule has 0 radical (unpaired) electrons. The second-order valence-electron chi connectivity index (χ2n) is 12.8. The van der Waals surface area contributed by atoms with Gasteiger partial charge in [-0.25, -0.2) is 13.2 Å². The molecule has 0 saturated carbocycles. The Morgan fingerprint density at radius 2 is 1.73 bits per heavy atom. The summed E-state index contributed by atoms with van der Waals surface area (Å²) in [5.74, 6) is -0.448. The average molecular weight is 605 g/mol. The Labute approximate surface area is 244 Å². The molecule has 10 heteroatoms. The van der Waals surface area contributed by atoms with Gasteiger partial charge in [0.25, 0.3) is 0 Å². The van der Waals surface area contributed by atoms with Gasteiger partial charge in [0, 0.05) is 36.3 Å². The van der Waals surface area contributed by atoms with Gasteiger partial charge in [-0.05, 0) is 75.6 Å². The number of aromatic nitrogens is 1. The Balaban J connectivity index is 2.12. The fraction of sp³-hybridized carbons (Fsp3) is 0.500. The van der Waals surface area contributed by atoms with Crippen molar-refractivity contribution in [3.8, 4) is 11.1 Å². The Kier molecular flexibility index (Phi) is 8.28. The molecule has 0 fully saturated rings. The molecule has 0 N–H and O–H groups in total. The molecule has 40 heavy (non-hydrogen) atoms. The Morgan fingerprint density at radius 3 is 2.27 bits per heavy atom. The van der Waals surface area contributed by atoms with E-state index in [0.29, 0.717) is 41.0 Å². The van der Waals surface area contributed by atoms with Gasteiger partial charge < -0.3 is 14.0 Å². The summed E-state index contributed by atoms with van der Waals surface area (Å²) in [4.78, 5) is 13.4. The number of methoxy groups -OCH3 is 1. The topological polar surface area (TPSA) is 77.8 Å². The van der Waals surface area contributed by atoms with Gasteiger partial charge in [0.2, 0.25) is 10.0 Å². The van der Waals surface area contributed by atoms with Crippen molar-refractivity contribution >= 4 is 52.3 Å². The van der Waals surface area contributed by atoms with Crippen molar-refractivity contribution in [1.29, 1.82) is 0 Å². The summed E-state index contributed by atoms with van der Waals surface area (Å²) in [7, 11) is -3.89. The molecular weight excluding hydrogens is 564 g/mol. The first-order chi connectivity index (χ1) is 18.4. The second-order valence-corrected chi connectivity index (χ2v) is 20.9. The van der Waals surface area contributed by atoms with E-state index in [2.05, 4.69) is 30.3 Å². The van der Waals surface area contributed by atoms with Crippen LogP contribution in [-0.2, 0) is 30.8 Å². The lowest BCUT2D eigenvalue weighted by Crippen LogP contribution is -2.41. The number of ether oxygens (including phenoxy) is 2. The van der Waals surface area contributed by atoms with Gasteiger partial charge in [-0.3, -0.25) is 4.31 Å². The van der Waals surface area contributed by atoms with Crippen LogP contribution in [0.5, 0.6) is 0 Å². The summed E-state index contributed by atoms with van der Waals surface area (Å²) in [6, 6.07) is 10.2. The molecule has 0 bridgehead atoms. The molecule has 2 aromatic carbocycles. The summed E-state index contributed by atoms with van der Waals surface area (Å²) in [5.41, 5.74) is 4.78. The Bertz CT molecular complexity index is 1550. The molecule has 2 heterocycles. The van der Waals surface area contributed by atoms with Crippen LogP contribution in [0.25, 0.3) is 22.0 Å². The number of rotatable bonds is 8. The number of nitrogens with zero attached hydrogens (tertiary/aromatic N) is 2. The van der Waals surface area contributed by atoms with Crippen molar-refractivity contribution < 1.29 is 22.7 Å². The second kappa shape index (κ2) is 10.8. The maximum Gasteiger partial charge on any atom is 0.339 e. The quantitative estimate of drug-likeness (QED) is 0.202. The van der Waals surface area contributed by atoms with Crippen LogP contribution in [0, 0.1) is 13.8 Å². The number of carbonyl (C=O) groups is 1. The summed E-state index contributed by atoms with van der Waals surface area (Å²) < 4.78 is 43.3. The van der Waals surface area contributed by atoms with Crippen LogP contribution in [0.2, 0.25) is 30.7 Å². The van der Waals surface area contributed by atoms with Crippen molar-refractivity contribution in [1.82, 2.24) is 4.57 Å². The molecule has 0 spiro atoms. The average Bonchev–Trinajstić information content (AvgIpc) is 3.19. The molecule has 1 aliphatic rings. The zero-order valence-electron chi connectivity index (χ0n) is 25.0. The minimum Gasteiger partial charge on any atom is -0.467 e. The molecule has 0 unspecified atom stereocenters. The van der Waals surface area contributed by atoms with Gasteiger partial charge in [-0.1, -0.05) is 43.4 Å². The number of sulfonamides is 1. The number of benzene rings is 2. The predicted octanol–water partition coefficient (Wildman–Crippen LogP) is 7.10. The molecule has 3 aromatic rings. The number of hydrogen-bond donors (Lipinski definition) is 0. The van der Waals surface area contributed by atoms with E-state index in [4.69, 9.17) is 21.1 Å². The zero-order valence-corrected chi connectivity index (χ0v) is 27.6. The largest absolute Gasteiger partial charge is 0.467 e. The molecule has 1 atom stereocenters. The van der Waals surface area contributed by atoms with E-state index < -0.39 is 35.8 Å². The van der Waals surface area contributed by atoms with Crippen LogP contribution in [0.3, 0.4) is 0 Å². The van der Waals surface area contributed by atoms with Gasteiger partial charge in [0.15, 0.2) is 6.10 Å². The van der Waals surface area contributed by atoms with Crippen molar-refractivity contribution in [2.75, 3.05) is 23.7 Å². The van der Waals surface area contributed by atoms with E-state index in [0.717, 1.165) is 27.7 Å². The van der Waals surface area contributed by atoms with Crippen LogP contribution in [0.15, 0.2) is 30.3 Å². The minimum absolute atomic E-state index is 0.0938. The first kappa shape index (κ1) is 30.6. The predicted molar refractivity (Wildman–Crippen MR) is 167 cm³/mol. The standard InChI is InChI=1S/C30H41ClN2O5SSi/c1-19-18-23-25(21-10-12-22(31)13-11-21)24(28(29(34)37-6)38-30(3,4)5)20(2)26-27(23)32(19)14-15-33(26)39(35,36)16-17-40(7,8)9/h10-13,18,28H,14-17H2,1-9H3/t28-/m0/s1. The van der Waals surface area contributed by atoms with Gasteiger partial charge in [-0.15, -0.1) is 0 Å². The van der Waals surface area contributed by atoms with Gasteiger partial charge in [-0.2, -0.15) is 0 Å². The molecule has 4 rings (SSSR count). The lowest BCUT2D eigenvalue weighted by molar-refractivity contribution is -0.164. The molecule has 1 aromatic heterocycles. The first-order valence-corrected chi connectivity index (χ1v) is 19.3. The number of carbonyl (C=O) groups excluding carboxylic acids is 1. The summed E-state index contributed by atoms with van der Waals surface area (Å²) >= 11 is 6.25. The fourth-order valence-corrected chi connectivity index (χ4v) is 10.1. The van der Waals surface area contributed by atoms with E-state index in [1.54, 1.807) is 4.31 Å². The summed E-state index contributed by atoms with van der Waals surface area (Å²) in [5, 5.41) is 1.46. The molecule has 0 saturated heterocycles. The maximum atomic E-state index is 13.9. The molecule has 7 nitrogen and oxygen atoms in total. The first-order valence-electron chi connectivity index (χ1n) is 13.6. The minimum atomic E-state index is -3.63. The molecular formula is C30H41ClN2O5SSi. The highest BCUT2D eigenvalue weighted by atomic mass is 35.5. The third-order valence-electron chi connectivity index (χ3n) is 7.33. The van der Waals surface area contributed by atoms with E-state index >= 15 is 0 Å². The SMILES string of the molecule is COC(=O)[C@@H](OC(C)(C)C)c1c(C)c2c3c(cc(C)n3CCN2S(=O)(=O)CC[Si](C)(C)C)c1-c1ccc(Cl)cc1. The van der Waals surface area contributed by atoms with Crippen LogP contribution in [0.1, 0.15) is 43.7 Å².